The molecule has 2 rings (SSSR count). The van der Waals surface area contributed by atoms with Gasteiger partial charge in [0, 0.05) is 25.0 Å². The third-order valence-corrected chi connectivity index (χ3v) is 5.33. The van der Waals surface area contributed by atoms with Crippen molar-refractivity contribution in [2.24, 2.45) is 7.05 Å². The molecule has 1 aliphatic carbocycles. The second-order valence-electron chi connectivity index (χ2n) is 5.53. The molecular formula is C13H20N2O4S. The molecule has 0 spiro atoms. The van der Waals surface area contributed by atoms with E-state index >= 15 is 0 Å². The van der Waals surface area contributed by atoms with Crippen LogP contribution in [-0.2, 0) is 21.9 Å². The van der Waals surface area contributed by atoms with Crippen LogP contribution in [0.2, 0.25) is 0 Å². The molecule has 1 fully saturated rings. The van der Waals surface area contributed by atoms with E-state index < -0.39 is 21.5 Å². The zero-order chi connectivity index (χ0) is 14.8. The summed E-state index contributed by atoms with van der Waals surface area (Å²) in [5.41, 5.74) is -0.848. The van der Waals surface area contributed by atoms with Crippen molar-refractivity contribution >= 4 is 16.0 Å². The maximum Gasteiger partial charge on any atom is 0.305 e. The van der Waals surface area contributed by atoms with Crippen molar-refractivity contribution in [1.82, 2.24) is 9.29 Å². The lowest BCUT2D eigenvalue weighted by Gasteiger charge is -2.36. The van der Waals surface area contributed by atoms with Gasteiger partial charge in [-0.1, -0.05) is 19.3 Å². The summed E-state index contributed by atoms with van der Waals surface area (Å²) in [5.74, 6) is -0.970. The summed E-state index contributed by atoms with van der Waals surface area (Å²) in [6.07, 6.45) is 6.87. The molecule has 0 unspecified atom stereocenters. The Kier molecular flexibility index (Phi) is 4.19. The van der Waals surface area contributed by atoms with Gasteiger partial charge in [-0.2, -0.15) is 0 Å². The van der Waals surface area contributed by atoms with Gasteiger partial charge in [-0.05, 0) is 18.9 Å². The standard InChI is InChI=1S/C13H20N2O4S/c1-15-8-5-11(10-15)20(18,19)14-13(9-12(16)17)6-3-2-4-7-13/h5,8,10,14H,2-4,6-7,9H2,1H3,(H,16,17). The zero-order valence-corrected chi connectivity index (χ0v) is 12.3. The maximum atomic E-state index is 12.4. The molecule has 0 aliphatic heterocycles. The highest BCUT2D eigenvalue weighted by atomic mass is 32.2. The van der Waals surface area contributed by atoms with Crippen LogP contribution in [0.4, 0.5) is 0 Å². The van der Waals surface area contributed by atoms with Gasteiger partial charge >= 0.3 is 5.97 Å². The van der Waals surface area contributed by atoms with Gasteiger partial charge in [0.05, 0.1) is 11.3 Å². The summed E-state index contributed by atoms with van der Waals surface area (Å²) in [7, 11) is -1.93. The summed E-state index contributed by atoms with van der Waals surface area (Å²) in [6, 6.07) is 1.51. The zero-order valence-electron chi connectivity index (χ0n) is 11.5. The lowest BCUT2D eigenvalue weighted by molar-refractivity contribution is -0.138. The van der Waals surface area contributed by atoms with Crippen LogP contribution in [0.15, 0.2) is 23.4 Å². The predicted octanol–water partition coefficient (Wildman–Crippen LogP) is 1.48. The van der Waals surface area contributed by atoms with Gasteiger partial charge in [0.1, 0.15) is 0 Å². The topological polar surface area (TPSA) is 88.4 Å². The van der Waals surface area contributed by atoms with Crippen LogP contribution in [-0.4, -0.2) is 29.6 Å². The summed E-state index contributed by atoms with van der Waals surface area (Å²) >= 11 is 0. The van der Waals surface area contributed by atoms with E-state index in [1.54, 1.807) is 17.8 Å². The van der Waals surface area contributed by atoms with Gasteiger partial charge in [-0.3, -0.25) is 4.79 Å². The minimum absolute atomic E-state index is 0.168. The average Bonchev–Trinajstić information content (AvgIpc) is 2.76. The number of carboxylic acid groups (broad SMARTS) is 1. The molecule has 1 saturated carbocycles. The first kappa shape index (κ1) is 15.1. The van der Waals surface area contributed by atoms with Gasteiger partial charge in [-0.15, -0.1) is 0 Å². The van der Waals surface area contributed by atoms with Gasteiger partial charge in [0.2, 0.25) is 10.0 Å². The van der Waals surface area contributed by atoms with Crippen molar-refractivity contribution in [1.29, 1.82) is 0 Å². The normalized spacial score (nSPS) is 18.9. The fraction of sp³-hybridized carbons (Fsp3) is 0.615. The van der Waals surface area contributed by atoms with Crippen molar-refractivity contribution in [2.75, 3.05) is 0 Å². The summed E-state index contributed by atoms with van der Waals surface area (Å²) < 4.78 is 29.1. The average molecular weight is 300 g/mol. The van der Waals surface area contributed by atoms with Gasteiger partial charge in [0.25, 0.3) is 0 Å². The van der Waals surface area contributed by atoms with E-state index in [1.807, 2.05) is 0 Å². The number of hydrogen-bond donors (Lipinski definition) is 2. The largest absolute Gasteiger partial charge is 0.481 e. The highest BCUT2D eigenvalue weighted by Gasteiger charge is 2.38. The quantitative estimate of drug-likeness (QED) is 0.862. The number of nitrogens with zero attached hydrogens (tertiary/aromatic N) is 1. The Morgan fingerprint density at radius 2 is 2.05 bits per heavy atom. The van der Waals surface area contributed by atoms with Crippen molar-refractivity contribution in [3.63, 3.8) is 0 Å². The number of carbonyl (C=O) groups is 1. The second kappa shape index (κ2) is 5.57. The molecule has 7 heteroatoms. The summed E-state index contributed by atoms with van der Waals surface area (Å²) in [5, 5.41) is 9.06. The fourth-order valence-electron chi connectivity index (χ4n) is 2.81. The number of aromatic nitrogens is 1. The predicted molar refractivity (Wildman–Crippen MR) is 73.8 cm³/mol. The number of carboxylic acids is 1. The van der Waals surface area contributed by atoms with Crippen molar-refractivity contribution in [2.45, 2.75) is 49.0 Å². The molecule has 0 radical (unpaired) electrons. The lowest BCUT2D eigenvalue weighted by Crippen LogP contribution is -2.50. The summed E-state index contributed by atoms with van der Waals surface area (Å²) in [4.78, 5) is 11.2. The molecule has 0 bridgehead atoms. The van der Waals surface area contributed by atoms with Gasteiger partial charge in [0.15, 0.2) is 0 Å². The van der Waals surface area contributed by atoms with E-state index in [2.05, 4.69) is 4.72 Å². The van der Waals surface area contributed by atoms with E-state index in [0.29, 0.717) is 12.8 Å². The van der Waals surface area contributed by atoms with Crippen LogP contribution >= 0.6 is 0 Å². The maximum absolute atomic E-state index is 12.4. The van der Waals surface area contributed by atoms with Crippen molar-refractivity contribution in [3.8, 4) is 0 Å². The Morgan fingerprint density at radius 3 is 2.55 bits per heavy atom. The monoisotopic (exact) mass is 300 g/mol. The van der Waals surface area contributed by atoms with Crippen LogP contribution in [0.5, 0.6) is 0 Å². The molecule has 1 aromatic heterocycles. The number of hydrogen-bond acceptors (Lipinski definition) is 3. The molecule has 0 aromatic carbocycles. The van der Waals surface area contributed by atoms with Crippen LogP contribution < -0.4 is 4.72 Å². The first-order chi connectivity index (χ1) is 9.33. The third kappa shape index (κ3) is 3.40. The SMILES string of the molecule is Cn1ccc(S(=O)(=O)NC2(CC(=O)O)CCCCC2)c1. The van der Waals surface area contributed by atoms with Gasteiger partial charge < -0.3 is 9.67 Å². The van der Waals surface area contributed by atoms with E-state index in [1.165, 1.54) is 12.3 Å². The molecule has 20 heavy (non-hydrogen) atoms. The van der Waals surface area contributed by atoms with E-state index in [-0.39, 0.29) is 11.3 Å². The number of aliphatic carboxylic acids is 1. The molecule has 0 atom stereocenters. The van der Waals surface area contributed by atoms with Crippen LogP contribution in [0, 0.1) is 0 Å². The minimum atomic E-state index is -3.68. The number of nitrogens with one attached hydrogen (secondary N) is 1. The minimum Gasteiger partial charge on any atom is -0.481 e. The van der Waals surface area contributed by atoms with Crippen LogP contribution in [0.1, 0.15) is 38.5 Å². The molecular weight excluding hydrogens is 280 g/mol. The first-order valence-corrected chi connectivity index (χ1v) is 8.19. The third-order valence-electron chi connectivity index (χ3n) is 3.77. The smallest absolute Gasteiger partial charge is 0.305 e. The highest BCUT2D eigenvalue weighted by Crippen LogP contribution is 2.32. The Balaban J connectivity index is 2.25. The first-order valence-electron chi connectivity index (χ1n) is 6.71. The fourth-order valence-corrected chi connectivity index (χ4v) is 4.32. The number of aryl methyl sites for hydroxylation is 1. The Morgan fingerprint density at radius 1 is 1.40 bits per heavy atom. The van der Waals surface area contributed by atoms with E-state index in [9.17, 15) is 13.2 Å². The Bertz CT molecular complexity index is 585. The molecule has 1 aromatic rings. The van der Waals surface area contributed by atoms with E-state index in [0.717, 1.165) is 19.3 Å². The molecule has 2 N–H and O–H groups in total. The molecule has 0 amide bonds. The van der Waals surface area contributed by atoms with Gasteiger partial charge in [-0.25, -0.2) is 13.1 Å². The molecule has 112 valence electrons. The highest BCUT2D eigenvalue weighted by molar-refractivity contribution is 7.89. The molecule has 1 aliphatic rings. The van der Waals surface area contributed by atoms with E-state index in [4.69, 9.17) is 5.11 Å². The number of sulfonamides is 1. The Hall–Kier alpha value is -1.34. The lowest BCUT2D eigenvalue weighted by atomic mass is 9.80. The second-order valence-corrected chi connectivity index (χ2v) is 7.21. The van der Waals surface area contributed by atoms with Crippen LogP contribution in [0.25, 0.3) is 0 Å². The van der Waals surface area contributed by atoms with Crippen molar-refractivity contribution < 1.29 is 18.3 Å². The Labute approximate surface area is 118 Å². The molecule has 6 nitrogen and oxygen atoms in total. The number of rotatable bonds is 5. The van der Waals surface area contributed by atoms with Crippen molar-refractivity contribution in [3.05, 3.63) is 18.5 Å². The molecule has 1 heterocycles. The summed E-state index contributed by atoms with van der Waals surface area (Å²) in [6.45, 7) is 0. The van der Waals surface area contributed by atoms with Crippen LogP contribution in [0.3, 0.4) is 0 Å². The molecule has 0 saturated heterocycles.